The van der Waals surface area contributed by atoms with Crippen LogP contribution in [-0.4, -0.2) is 144 Å². The van der Waals surface area contributed by atoms with Gasteiger partial charge < -0.3 is 86.0 Å². The smallest absolute Gasteiger partial charge is 0.407 e. The van der Waals surface area contributed by atoms with E-state index in [4.69, 9.17) is 43.4 Å². The molecule has 4 fully saturated rings. The van der Waals surface area contributed by atoms with Crippen molar-refractivity contribution in [3.8, 4) is 34.9 Å². The Labute approximate surface area is 758 Å². The van der Waals surface area contributed by atoms with Crippen molar-refractivity contribution in [1.29, 1.82) is 10.5 Å². The molecule has 4 aliphatic carbocycles. The van der Waals surface area contributed by atoms with E-state index in [1.54, 1.807) is 73.8 Å². The Morgan fingerprint density at radius 3 is 1.02 bits per heavy atom. The minimum Gasteiger partial charge on any atom is -0.444 e. The van der Waals surface area contributed by atoms with Gasteiger partial charge in [-0.2, -0.15) is 70.5 Å². The molecule has 4 saturated carbocycles. The molecule has 16 rings (SSSR count). The molecular formula is C94H113BrN28O6. The number of hydrogen-bond donors (Lipinski definition) is 14. The summed E-state index contributed by atoms with van der Waals surface area (Å²) in [6, 6.07) is 57.8. The van der Waals surface area contributed by atoms with Crippen LogP contribution in [-0.2, 0) is 9.47 Å². The van der Waals surface area contributed by atoms with E-state index < -0.39 is 29.1 Å². The van der Waals surface area contributed by atoms with E-state index in [9.17, 15) is 24.4 Å². The number of ether oxygens (including phenoxy) is 2. The second-order valence-corrected chi connectivity index (χ2v) is 34.7. The van der Waals surface area contributed by atoms with Gasteiger partial charge in [-0.1, -0.05) is 75.6 Å². The first-order valence-electron chi connectivity index (χ1n) is 43.3. The van der Waals surface area contributed by atoms with Gasteiger partial charge in [0, 0.05) is 86.2 Å². The third-order valence-electron chi connectivity index (χ3n) is 21.6. The molecule has 0 saturated heterocycles. The van der Waals surface area contributed by atoms with Crippen LogP contribution in [0.3, 0.4) is 0 Å². The third kappa shape index (κ3) is 28.3. The summed E-state index contributed by atoms with van der Waals surface area (Å²) in [4.78, 5) is 54.4. The van der Waals surface area contributed by atoms with E-state index in [-0.39, 0.29) is 54.4 Å². The average molecular weight is 1810 g/mol. The molecule has 0 radical (unpaired) electrons. The predicted molar refractivity (Wildman–Crippen MR) is 505 cm³/mol. The Kier molecular flexibility index (Phi) is 32.8. The summed E-state index contributed by atoms with van der Waals surface area (Å²) in [5, 5.41) is 81.6. The van der Waals surface area contributed by atoms with Gasteiger partial charge in [-0.05, 0) is 254 Å². The number of primary amides is 2. The fraction of sp³-hybridized carbons (Fsp3) is 0.340. The molecule has 0 unspecified atom stereocenters. The van der Waals surface area contributed by atoms with Gasteiger partial charge in [0.1, 0.15) is 23.3 Å². The molecule has 0 spiro atoms. The van der Waals surface area contributed by atoms with Crippen molar-refractivity contribution in [2.75, 3.05) is 43.0 Å². The van der Waals surface area contributed by atoms with Crippen molar-refractivity contribution in [2.24, 2.45) is 22.9 Å². The van der Waals surface area contributed by atoms with E-state index in [1.165, 1.54) is 44.9 Å². The average Bonchev–Trinajstić information content (AvgIpc) is 1.65. The highest BCUT2D eigenvalue weighted by molar-refractivity contribution is 9.10. The molecule has 0 aliphatic heterocycles. The Morgan fingerprint density at radius 2 is 0.674 bits per heavy atom. The summed E-state index contributed by atoms with van der Waals surface area (Å²) in [6.45, 7) is 11.1. The monoisotopic (exact) mass is 1810 g/mol. The number of nitrogens with zero attached hydrogens (tertiary/aromatic N) is 14. The van der Waals surface area contributed by atoms with Crippen molar-refractivity contribution in [1.82, 2.24) is 70.6 Å². The molecule has 672 valence electrons. The number of amides is 4. The number of alkyl carbamates (subject to hydrolysis) is 2. The number of carbonyl (C=O) groups excluding carboxylic acids is 4. The molecule has 12 aromatic rings. The van der Waals surface area contributed by atoms with Crippen LogP contribution < -0.4 is 76.5 Å². The first-order chi connectivity index (χ1) is 62.1. The number of nitrogens with one attached hydrogen (secondary N) is 9. The van der Waals surface area contributed by atoms with Crippen LogP contribution in [0.4, 0.5) is 72.2 Å². The lowest BCUT2D eigenvalue weighted by atomic mass is 9.90. The topological polar surface area (TPSA) is 496 Å². The first-order valence-corrected chi connectivity index (χ1v) is 44.1. The van der Waals surface area contributed by atoms with Crippen molar-refractivity contribution < 1.29 is 28.7 Å². The fourth-order valence-electron chi connectivity index (χ4n) is 15.5. The third-order valence-corrected chi connectivity index (χ3v) is 22.3. The minimum atomic E-state index is -0.542. The van der Waals surface area contributed by atoms with Crippen LogP contribution in [0.25, 0.3) is 22.7 Å². The van der Waals surface area contributed by atoms with Gasteiger partial charge in [-0.15, -0.1) is 0 Å². The number of aromatic nitrogens is 12. The van der Waals surface area contributed by atoms with Gasteiger partial charge in [-0.25, -0.2) is 9.59 Å². The SMILES string of the molecule is CC(C)(C)OC(=O)N[C@H]1CCCC[C@H]1Nc1ccc(C#N)c(Br)c1.CC(C)(C)OC(=O)N[C@H]1CCCC[C@H]1Nc1ccc(C#N)c(Nc2cccc(-n3nccn3)c2)c1.NC(=O)c1ccc(N[C@@H]2CCCC[C@@H]2N)cc1Nc1cccc(-n2nccn2)c1.NC(=O)c1ccc(N[C@@H]2CCCC[C@@H]2N)cc1Nc1cccc(-n2nccn2)c1.Nc1cccc(-n2nccn2)c1. The van der Waals surface area contributed by atoms with Gasteiger partial charge in [-0.3, -0.25) is 9.59 Å². The summed E-state index contributed by atoms with van der Waals surface area (Å²) >= 11 is 3.41. The van der Waals surface area contributed by atoms with Crippen LogP contribution >= 0.6 is 15.9 Å². The number of nitrogen functional groups attached to an aromatic ring is 1. The summed E-state index contributed by atoms with van der Waals surface area (Å²) < 4.78 is 11.6. The fourth-order valence-corrected chi connectivity index (χ4v) is 15.9. The maximum Gasteiger partial charge on any atom is 0.407 e. The highest BCUT2D eigenvalue weighted by Gasteiger charge is 2.32. The number of anilines is 11. The normalized spacial score (nSPS) is 18.1. The quantitative estimate of drug-likeness (QED) is 0.0280. The molecule has 8 aromatic carbocycles. The van der Waals surface area contributed by atoms with E-state index in [0.717, 1.165) is 144 Å². The lowest BCUT2D eigenvalue weighted by Gasteiger charge is -2.34. The molecule has 34 nitrogen and oxygen atoms in total. The van der Waals surface area contributed by atoms with Gasteiger partial charge >= 0.3 is 12.2 Å². The van der Waals surface area contributed by atoms with Crippen LogP contribution in [0, 0.1) is 22.7 Å². The number of rotatable bonds is 22. The lowest BCUT2D eigenvalue weighted by Crippen LogP contribution is -2.49. The van der Waals surface area contributed by atoms with Gasteiger partial charge in [0.25, 0.3) is 11.8 Å². The summed E-state index contributed by atoms with van der Waals surface area (Å²) in [6.07, 6.45) is 29.1. The highest BCUT2D eigenvalue weighted by atomic mass is 79.9. The number of benzene rings is 8. The molecule has 129 heavy (non-hydrogen) atoms. The van der Waals surface area contributed by atoms with Crippen molar-refractivity contribution >= 4 is 102 Å². The number of nitriles is 2. The maximum absolute atomic E-state index is 12.4. The summed E-state index contributed by atoms with van der Waals surface area (Å²) in [5.41, 5.74) is 42.3. The van der Waals surface area contributed by atoms with E-state index in [1.807, 2.05) is 187 Å². The second-order valence-electron chi connectivity index (χ2n) is 33.8. The van der Waals surface area contributed by atoms with E-state index in [0.29, 0.717) is 45.0 Å². The molecule has 0 bridgehead atoms. The van der Waals surface area contributed by atoms with Crippen molar-refractivity contribution in [3.05, 3.63) is 246 Å². The number of nitrogens with two attached hydrogens (primary N) is 5. The largest absolute Gasteiger partial charge is 0.444 e. The van der Waals surface area contributed by atoms with Crippen molar-refractivity contribution in [3.63, 3.8) is 0 Å². The second kappa shape index (κ2) is 45.1. The predicted octanol–water partition coefficient (Wildman–Crippen LogP) is 16.1. The molecule has 8 atom stereocenters. The van der Waals surface area contributed by atoms with Gasteiger partial charge in [0.2, 0.25) is 0 Å². The summed E-state index contributed by atoms with van der Waals surface area (Å²) in [7, 11) is 0. The molecule has 4 amide bonds. The van der Waals surface area contributed by atoms with Gasteiger partial charge in [0.15, 0.2) is 0 Å². The molecule has 4 aromatic heterocycles. The summed E-state index contributed by atoms with van der Waals surface area (Å²) in [5.74, 6) is -0.975. The van der Waals surface area contributed by atoms with E-state index in [2.05, 4.69) is 117 Å². The molecule has 4 heterocycles. The zero-order valence-electron chi connectivity index (χ0n) is 73.2. The highest BCUT2D eigenvalue weighted by Crippen LogP contribution is 2.34. The zero-order chi connectivity index (χ0) is 91.4. The Hall–Kier alpha value is -14.4. The van der Waals surface area contributed by atoms with Crippen LogP contribution in [0.1, 0.15) is 176 Å². The standard InChI is InChI=1S/C26H31N7O2.2C21H25N7O.C18H24BrN3O2.C8H8N4/c1-26(2,3)35-25(34)32-23-10-5-4-9-22(23)30-20-12-11-18(17-27)24(16-20)31-19-7-6-8-21(15-19)33-28-13-14-29-33;2*22-18-6-1-2-7-19(18)26-15-8-9-17(21(23)29)20(13-15)27-14-4-3-5-16(12-14)28-24-10-11-25-28;1-18(2,3)24-17(23)22-16-7-5-4-6-15(16)21-13-9-8-12(11-20)14(19)10-13;9-7-2-1-3-8(6-7)12-10-4-5-11-12/h6-8,11-16,22-23,30-31H,4-5,9-10H2,1-3H3,(H,32,34);2*3-5,8-13,18-19,26-27H,1-2,6-7,22H2,(H2,23,29);8-10,15-16,21H,4-7H2,1-3H3,(H,22,23);1-6H,9H2/t22-,23+;2*18-,19+;15-,16+;/m1001./s1. The molecule has 35 heteroatoms. The maximum atomic E-state index is 12.4. The Morgan fingerprint density at radius 1 is 0.372 bits per heavy atom. The number of hydrogen-bond acceptors (Lipinski definition) is 26. The number of halogens is 1. The minimum absolute atomic E-state index is 0.0306. The molecule has 19 N–H and O–H groups in total. The van der Waals surface area contributed by atoms with Crippen LogP contribution in [0.5, 0.6) is 0 Å². The Balaban J connectivity index is 0.000000150. The van der Waals surface area contributed by atoms with E-state index >= 15 is 0 Å². The molecular weight excluding hydrogens is 1700 g/mol. The number of carbonyl (C=O) groups is 4. The molecule has 4 aliphatic rings. The van der Waals surface area contributed by atoms with Gasteiger partial charge in [0.05, 0.1) is 124 Å². The van der Waals surface area contributed by atoms with Crippen LogP contribution in [0.15, 0.2) is 224 Å². The Bertz CT molecular complexity index is 5590. The van der Waals surface area contributed by atoms with Crippen LogP contribution in [0.2, 0.25) is 0 Å². The first kappa shape index (κ1) is 93.7. The lowest BCUT2D eigenvalue weighted by molar-refractivity contribution is 0.0477. The van der Waals surface area contributed by atoms with Crippen molar-refractivity contribution in [2.45, 2.75) is 204 Å². The zero-order valence-corrected chi connectivity index (χ0v) is 74.8.